The van der Waals surface area contributed by atoms with E-state index in [4.69, 9.17) is 15.0 Å². The SMILES string of the molecule is CC(C)(C)c1cnc(-c2ccccc2)nc1.CC(C)(C)c1cnc(-n2c3ccccc3c3ccccc32)nc1.CC(C)(C)c1cnc(C(C)(C)C)nc1.CC(C)(C)c1nc(-c2ccccc2)nc(-c2ccccc2)n1.CC(C)(C)c1nc(-n2c3ccccc3c3ccccc32)nc(-n2c3ccccc3c3ccccc32)n1. The molecule has 0 fully saturated rings. The number of para-hydroxylation sites is 6. The van der Waals surface area contributed by atoms with Crippen LogP contribution in [0.1, 0.15) is 159 Å². The third kappa shape index (κ3) is 17.2. The first-order chi connectivity index (χ1) is 52.9. The van der Waals surface area contributed by atoms with Gasteiger partial charge in [0.15, 0.2) is 17.5 Å². The van der Waals surface area contributed by atoms with Crippen molar-refractivity contribution < 1.29 is 0 Å². The summed E-state index contributed by atoms with van der Waals surface area (Å²) in [5, 5.41) is 7.19. The molecule has 0 unspecified atom stereocenters. The van der Waals surface area contributed by atoms with E-state index in [9.17, 15) is 0 Å². The fourth-order valence-electron chi connectivity index (χ4n) is 12.8. The van der Waals surface area contributed by atoms with Crippen LogP contribution in [-0.4, -0.2) is 73.5 Å². The average molecular weight is 1460 g/mol. The van der Waals surface area contributed by atoms with E-state index < -0.39 is 0 Å². The lowest BCUT2D eigenvalue weighted by atomic mass is 9.89. The van der Waals surface area contributed by atoms with Crippen molar-refractivity contribution in [2.75, 3.05) is 0 Å². The number of hydrogen-bond donors (Lipinski definition) is 0. The smallest absolute Gasteiger partial charge is 0.239 e. The highest BCUT2D eigenvalue weighted by Gasteiger charge is 2.27. The monoisotopic (exact) mass is 1460 g/mol. The number of aromatic nitrogens is 15. The van der Waals surface area contributed by atoms with Gasteiger partial charge in [0, 0.05) is 102 Å². The topological polar surface area (TPSA) is 169 Å². The number of rotatable bonds is 6. The van der Waals surface area contributed by atoms with Gasteiger partial charge in [-0.2, -0.15) is 15.0 Å². The van der Waals surface area contributed by atoms with Crippen LogP contribution in [0.3, 0.4) is 0 Å². The van der Waals surface area contributed by atoms with Crippen molar-refractivity contribution in [1.29, 1.82) is 0 Å². The van der Waals surface area contributed by atoms with Crippen LogP contribution in [0.4, 0.5) is 0 Å². The van der Waals surface area contributed by atoms with Crippen LogP contribution in [0.25, 0.3) is 117 Å². The Hall–Kier alpha value is -12.4. The van der Waals surface area contributed by atoms with Crippen LogP contribution < -0.4 is 0 Å². The molecule has 558 valence electrons. The molecule has 15 heteroatoms. The molecule has 8 aromatic heterocycles. The summed E-state index contributed by atoms with van der Waals surface area (Å²) in [5.41, 5.74) is 13.1. The van der Waals surface area contributed by atoms with Gasteiger partial charge in [-0.05, 0) is 69.3 Å². The summed E-state index contributed by atoms with van der Waals surface area (Å²) in [6.07, 6.45) is 11.6. The number of benzene rings is 9. The molecule has 17 rings (SSSR count). The molecule has 0 aliphatic heterocycles. The summed E-state index contributed by atoms with van der Waals surface area (Å²) in [6.45, 7) is 38.7. The van der Waals surface area contributed by atoms with Gasteiger partial charge in [0.25, 0.3) is 0 Å². The predicted octanol–water partition coefficient (Wildman–Crippen LogP) is 23.3. The zero-order chi connectivity index (χ0) is 78.6. The summed E-state index contributed by atoms with van der Waals surface area (Å²) >= 11 is 0. The van der Waals surface area contributed by atoms with Gasteiger partial charge in [-0.15, -0.1) is 0 Å². The molecule has 0 aliphatic carbocycles. The molecular formula is C96H99N15. The molecule has 0 spiro atoms. The molecule has 9 aromatic carbocycles. The summed E-state index contributed by atoms with van der Waals surface area (Å²) in [7, 11) is 0. The summed E-state index contributed by atoms with van der Waals surface area (Å²) in [6, 6.07) is 80.7. The van der Waals surface area contributed by atoms with Crippen molar-refractivity contribution in [3.8, 4) is 52.0 Å². The Labute approximate surface area is 652 Å². The van der Waals surface area contributed by atoms with Crippen LogP contribution in [-0.2, 0) is 32.5 Å². The zero-order valence-electron chi connectivity index (χ0n) is 67.2. The average Bonchev–Trinajstić information content (AvgIpc) is 1.85. The summed E-state index contributed by atoms with van der Waals surface area (Å²) in [4.78, 5) is 56.1. The maximum absolute atomic E-state index is 5.14. The standard InChI is InChI=1S/C31H25N5.C20H19N3.C19H19N3.C14H16N2.C12H20N2/c1-31(2,3)28-32-29(35-24-16-8-4-12-20(24)21-13-5-9-17-25(21)35)34-30(33-28)36-26-18-10-6-14-22(26)23-15-7-11-19-27(23)36;1-20(2,3)14-12-21-19(22-13-14)23-17-10-6-4-8-15(17)16-9-5-7-11-18(16)23;1-19(2,3)18-21-16(14-10-6-4-7-11-14)20-17(22-18)15-12-8-5-9-13-15;1-14(2,3)12-9-15-13(16-10-12)11-7-5-4-6-8-11;1-11(2,3)9-7-13-10(14-8-9)12(4,5)6/h4-19H,1-3H3;4-13H,1-3H3;4-13H,1-3H3;4-10H,1-3H3;7-8H,1-6H3. The molecule has 17 aromatic rings. The Kier molecular flexibility index (Phi) is 21.7. The van der Waals surface area contributed by atoms with Crippen molar-refractivity contribution >= 4 is 65.4 Å². The molecule has 0 bridgehead atoms. The van der Waals surface area contributed by atoms with Crippen LogP contribution in [0, 0.1) is 0 Å². The quantitative estimate of drug-likeness (QED) is 0.155. The minimum Gasteiger partial charge on any atom is -0.278 e. The Morgan fingerprint density at radius 3 is 0.703 bits per heavy atom. The highest BCUT2D eigenvalue weighted by Crippen LogP contribution is 2.37. The van der Waals surface area contributed by atoms with E-state index in [2.05, 4.69) is 329 Å². The molecule has 8 heterocycles. The van der Waals surface area contributed by atoms with Crippen molar-refractivity contribution in [2.24, 2.45) is 0 Å². The Balaban J connectivity index is 0.000000127. The molecule has 0 aliphatic rings. The first-order valence-corrected chi connectivity index (χ1v) is 38.0. The molecule has 15 nitrogen and oxygen atoms in total. The van der Waals surface area contributed by atoms with E-state index in [0.717, 1.165) is 102 Å². The summed E-state index contributed by atoms with van der Waals surface area (Å²) < 4.78 is 6.47. The van der Waals surface area contributed by atoms with Gasteiger partial charge >= 0.3 is 0 Å². The lowest BCUT2D eigenvalue weighted by molar-refractivity contribution is 0.532. The van der Waals surface area contributed by atoms with Crippen LogP contribution >= 0.6 is 0 Å². The van der Waals surface area contributed by atoms with Gasteiger partial charge < -0.3 is 0 Å². The Bertz CT molecular complexity index is 5660. The zero-order valence-corrected chi connectivity index (χ0v) is 67.2. The number of hydrogen-bond acceptors (Lipinski definition) is 12. The lowest BCUT2D eigenvalue weighted by Gasteiger charge is -2.20. The van der Waals surface area contributed by atoms with E-state index in [-0.39, 0.29) is 32.5 Å². The van der Waals surface area contributed by atoms with Gasteiger partial charge in [-0.1, -0.05) is 325 Å². The Morgan fingerprint density at radius 1 is 0.189 bits per heavy atom. The van der Waals surface area contributed by atoms with Crippen molar-refractivity contribution in [3.63, 3.8) is 0 Å². The lowest BCUT2D eigenvalue weighted by Crippen LogP contribution is -2.20. The minimum atomic E-state index is -0.260. The van der Waals surface area contributed by atoms with E-state index in [1.807, 2.05) is 128 Å². The normalized spacial score (nSPS) is 12.1. The summed E-state index contributed by atoms with van der Waals surface area (Å²) in [5.74, 6) is 6.67. The molecule has 0 amide bonds. The molecule has 0 saturated heterocycles. The van der Waals surface area contributed by atoms with Gasteiger partial charge in [0.2, 0.25) is 17.8 Å². The van der Waals surface area contributed by atoms with Crippen molar-refractivity contribution in [3.05, 3.63) is 308 Å². The van der Waals surface area contributed by atoms with Gasteiger partial charge in [-0.25, -0.2) is 44.9 Å². The van der Waals surface area contributed by atoms with Gasteiger partial charge in [0.1, 0.15) is 17.5 Å². The van der Waals surface area contributed by atoms with Gasteiger partial charge in [-0.3, -0.25) is 13.7 Å². The van der Waals surface area contributed by atoms with E-state index in [0.29, 0.717) is 11.9 Å². The van der Waals surface area contributed by atoms with Crippen LogP contribution in [0.2, 0.25) is 0 Å². The maximum Gasteiger partial charge on any atom is 0.239 e. The highest BCUT2D eigenvalue weighted by molar-refractivity contribution is 6.11. The van der Waals surface area contributed by atoms with Crippen molar-refractivity contribution in [1.82, 2.24) is 73.5 Å². The fourth-order valence-corrected chi connectivity index (χ4v) is 12.8. The second-order valence-electron chi connectivity index (χ2n) is 34.1. The first kappa shape index (κ1) is 76.8. The molecule has 0 atom stereocenters. The number of fused-ring (bicyclic) bond motifs is 9. The third-order valence-corrected chi connectivity index (χ3v) is 19.2. The van der Waals surface area contributed by atoms with Crippen LogP contribution in [0.15, 0.2) is 274 Å². The van der Waals surface area contributed by atoms with Gasteiger partial charge in [0.05, 0.1) is 33.1 Å². The molecule has 0 saturated carbocycles. The maximum atomic E-state index is 5.14. The molecular weight excluding hydrogens is 1360 g/mol. The van der Waals surface area contributed by atoms with E-state index >= 15 is 0 Å². The van der Waals surface area contributed by atoms with E-state index in [1.54, 1.807) is 0 Å². The highest BCUT2D eigenvalue weighted by atomic mass is 15.3. The Morgan fingerprint density at radius 2 is 0.423 bits per heavy atom. The molecule has 0 N–H and O–H groups in total. The van der Waals surface area contributed by atoms with Crippen molar-refractivity contribution in [2.45, 2.75) is 157 Å². The second-order valence-corrected chi connectivity index (χ2v) is 34.1. The predicted molar refractivity (Wildman–Crippen MR) is 457 cm³/mol. The first-order valence-electron chi connectivity index (χ1n) is 38.0. The van der Waals surface area contributed by atoms with E-state index in [1.165, 1.54) is 37.9 Å². The molecule has 0 radical (unpaired) electrons. The minimum absolute atomic E-state index is 0.0381. The number of nitrogens with zero attached hydrogens (tertiary/aromatic N) is 15. The molecule has 111 heavy (non-hydrogen) atoms. The fraction of sp³-hybridized carbons (Fsp3) is 0.250. The largest absolute Gasteiger partial charge is 0.278 e. The van der Waals surface area contributed by atoms with Crippen LogP contribution in [0.5, 0.6) is 0 Å². The second kappa shape index (κ2) is 31.3. The third-order valence-electron chi connectivity index (χ3n) is 19.2.